The van der Waals surface area contributed by atoms with Gasteiger partial charge in [0, 0.05) is 38.2 Å². The van der Waals surface area contributed by atoms with E-state index in [1.54, 1.807) is 0 Å². The van der Waals surface area contributed by atoms with Gasteiger partial charge in [-0.2, -0.15) is 0 Å². The monoisotopic (exact) mass is 657 g/mol. The first kappa shape index (κ1) is 57.1. The molecule has 3 aromatic rings. The minimum absolute atomic E-state index is 0. The molecule has 0 aliphatic carbocycles. The number of hydrogen-bond donors (Lipinski definition) is 0. The lowest BCUT2D eigenvalue weighted by Gasteiger charge is -2.31. The van der Waals surface area contributed by atoms with Gasteiger partial charge in [-0.3, -0.25) is 0 Å². The zero-order chi connectivity index (χ0) is 36.9. The summed E-state index contributed by atoms with van der Waals surface area (Å²) in [5.74, 6) is 1.40. The number of nitrogens with zero attached hydrogens (tertiary/aromatic N) is 2. The summed E-state index contributed by atoms with van der Waals surface area (Å²) >= 11 is 0. The first-order valence-electron chi connectivity index (χ1n) is 18.5. The molecule has 0 saturated carbocycles. The van der Waals surface area contributed by atoms with E-state index in [1.807, 2.05) is 69.2 Å². The fourth-order valence-corrected chi connectivity index (χ4v) is 4.66. The van der Waals surface area contributed by atoms with Crippen LogP contribution in [0.25, 0.3) is 11.4 Å². The van der Waals surface area contributed by atoms with E-state index in [1.165, 1.54) is 39.7 Å². The van der Waals surface area contributed by atoms with Gasteiger partial charge >= 0.3 is 0 Å². The SMILES string of the molecule is C.CC.CC.CC.CC.CC.CC(C)(C)C.Cc1ccc(C(C)C)n1-c1cccc(-n2c(C(C)C)ccc2C(C)C)c1C(C)(C)C.[2HH].[B]. The van der Waals surface area contributed by atoms with Crippen molar-refractivity contribution >= 4 is 8.41 Å². The topological polar surface area (TPSA) is 9.86 Å². The predicted octanol–water partition coefficient (Wildman–Crippen LogP) is 15.9. The van der Waals surface area contributed by atoms with Crippen LogP contribution in [0.5, 0.6) is 0 Å². The van der Waals surface area contributed by atoms with Gasteiger partial charge in [-0.1, -0.05) is 173 Å². The zero-order valence-corrected chi connectivity index (χ0v) is 35.7. The van der Waals surface area contributed by atoms with Crippen molar-refractivity contribution in [3.8, 4) is 11.4 Å². The Labute approximate surface area is 302 Å². The van der Waals surface area contributed by atoms with Crippen LogP contribution in [0.15, 0.2) is 42.5 Å². The second-order valence-corrected chi connectivity index (χ2v) is 13.6. The summed E-state index contributed by atoms with van der Waals surface area (Å²) in [5.41, 5.74) is 9.97. The quantitative estimate of drug-likeness (QED) is 0.242. The van der Waals surface area contributed by atoms with Gasteiger partial charge < -0.3 is 9.13 Å². The molecule has 1 aromatic carbocycles. The van der Waals surface area contributed by atoms with Crippen LogP contribution in [-0.4, -0.2) is 17.5 Å². The number of benzene rings is 1. The fourth-order valence-electron chi connectivity index (χ4n) is 4.66. The van der Waals surface area contributed by atoms with E-state index in [2.05, 4.69) is 149 Å². The van der Waals surface area contributed by atoms with Crippen molar-refractivity contribution in [3.05, 3.63) is 70.8 Å². The Morgan fingerprint density at radius 3 is 1.02 bits per heavy atom. The predicted molar refractivity (Wildman–Crippen MR) is 227 cm³/mol. The summed E-state index contributed by atoms with van der Waals surface area (Å²) < 4.78 is 5.01. The number of aryl methyl sites for hydroxylation is 1. The molecule has 0 N–H and O–H groups in total. The normalized spacial score (nSPS) is 9.94. The number of hydrogen-bond acceptors (Lipinski definition) is 0. The summed E-state index contributed by atoms with van der Waals surface area (Å²) in [4.78, 5) is 0. The molecule has 2 nitrogen and oxygen atoms in total. The van der Waals surface area contributed by atoms with Gasteiger partial charge in [0.2, 0.25) is 0 Å². The third-order valence-electron chi connectivity index (χ3n) is 6.07. The average Bonchev–Trinajstić information content (AvgIpc) is 3.61. The summed E-state index contributed by atoms with van der Waals surface area (Å²) in [7, 11) is 0. The molecule has 2 heterocycles. The maximum atomic E-state index is 2.54. The summed E-state index contributed by atoms with van der Waals surface area (Å²) in [6.07, 6.45) is 0. The van der Waals surface area contributed by atoms with E-state index in [4.69, 9.17) is 0 Å². The van der Waals surface area contributed by atoms with Crippen molar-refractivity contribution in [3.63, 3.8) is 0 Å². The lowest BCUT2D eigenvalue weighted by molar-refractivity contribution is 0.469. The summed E-state index contributed by atoms with van der Waals surface area (Å²) in [5, 5.41) is 0. The molecule has 0 unspecified atom stereocenters. The van der Waals surface area contributed by atoms with Crippen LogP contribution in [0.1, 0.15) is 214 Å². The van der Waals surface area contributed by atoms with Crippen LogP contribution in [0.2, 0.25) is 0 Å². The Kier molecular flexibility index (Phi) is 35.0. The molecule has 2 aromatic heterocycles. The Morgan fingerprint density at radius 1 is 0.489 bits per heavy atom. The van der Waals surface area contributed by atoms with E-state index in [9.17, 15) is 0 Å². The first-order valence-corrected chi connectivity index (χ1v) is 18.5. The highest BCUT2D eigenvalue weighted by atomic mass is 15.0. The number of aromatic nitrogens is 2. The molecule has 3 radical (unpaired) electrons. The molecule has 0 saturated heterocycles. The molecule has 3 rings (SSSR count). The van der Waals surface area contributed by atoms with Crippen LogP contribution in [-0.2, 0) is 5.41 Å². The highest BCUT2D eigenvalue weighted by molar-refractivity contribution is 5.75. The Bertz CT molecular complexity index is 1090. The van der Waals surface area contributed by atoms with Gasteiger partial charge in [0.05, 0.1) is 11.4 Å². The fraction of sp³-hybridized carbons (Fsp3) is 0.682. The lowest BCUT2D eigenvalue weighted by Crippen LogP contribution is -2.21. The van der Waals surface area contributed by atoms with Gasteiger partial charge in [0.1, 0.15) is 0 Å². The molecule has 0 fully saturated rings. The smallest absolute Gasteiger partial charge is 0.0513 e. The molecule has 0 bridgehead atoms. The number of rotatable bonds is 5. The maximum absolute atomic E-state index is 2.54. The second kappa shape index (κ2) is 28.8. The highest BCUT2D eigenvalue weighted by Crippen LogP contribution is 2.39. The lowest BCUT2D eigenvalue weighted by atomic mass is 9.83. The Balaban J connectivity index is -0.000000162. The molecule has 0 aliphatic rings. The molecular formula is C44H88BN2. The molecule has 277 valence electrons. The minimum atomic E-state index is 0. The third kappa shape index (κ3) is 18.8. The largest absolute Gasteiger partial charge is 0.318 e. The van der Waals surface area contributed by atoms with E-state index < -0.39 is 0 Å². The van der Waals surface area contributed by atoms with E-state index in [0.717, 1.165) is 0 Å². The van der Waals surface area contributed by atoms with Crippen LogP contribution >= 0.6 is 0 Å². The first-order chi connectivity index (χ1) is 20.9. The standard InChI is InChI=1S/C28H40N2.C5H12.5C2H6.CH4.B.H2/c1-18(2)22-15-14-21(7)29(22)25-12-11-13-26(27(25)28(8,9)10)30-23(19(3)4)16-17-24(30)20(5)6;1-5(2,3)4;5*1-2;;;/h11-20H,1-10H3;1-4H3;5*1-2H3;1H4;;1H/i;;;;;;;;;1+1. The van der Waals surface area contributed by atoms with Gasteiger partial charge in [-0.15, -0.1) is 0 Å². The zero-order valence-electron chi connectivity index (χ0n) is 35.7. The molecule has 0 aliphatic heterocycles. The van der Waals surface area contributed by atoms with Crippen molar-refractivity contribution in [1.29, 1.82) is 0 Å². The molecule has 0 spiro atoms. The maximum Gasteiger partial charge on any atom is 0.0513 e. The summed E-state index contributed by atoms with van der Waals surface area (Å²) in [6.45, 7) is 51.8. The minimum Gasteiger partial charge on any atom is -0.318 e. The molecule has 0 amide bonds. The second-order valence-electron chi connectivity index (χ2n) is 13.6. The van der Waals surface area contributed by atoms with Gasteiger partial charge in [-0.05, 0) is 71.9 Å². The molecule has 3 heteroatoms. The molecule has 0 atom stereocenters. The third-order valence-corrected chi connectivity index (χ3v) is 6.07. The molecule has 47 heavy (non-hydrogen) atoms. The van der Waals surface area contributed by atoms with Crippen LogP contribution in [0, 0.1) is 12.3 Å². The van der Waals surface area contributed by atoms with E-state index in [-0.39, 0.29) is 22.7 Å². The van der Waals surface area contributed by atoms with E-state index >= 15 is 0 Å². The van der Waals surface area contributed by atoms with Crippen molar-refractivity contribution in [2.75, 3.05) is 0 Å². The van der Waals surface area contributed by atoms with Crippen molar-refractivity contribution in [1.82, 2.24) is 9.13 Å². The van der Waals surface area contributed by atoms with Crippen LogP contribution in [0.4, 0.5) is 0 Å². The van der Waals surface area contributed by atoms with Crippen LogP contribution in [0.3, 0.4) is 0 Å². The van der Waals surface area contributed by atoms with Crippen molar-refractivity contribution in [2.45, 2.75) is 197 Å². The van der Waals surface area contributed by atoms with E-state index in [0.29, 0.717) is 23.2 Å². The van der Waals surface area contributed by atoms with Gasteiger partial charge in [0.25, 0.3) is 0 Å². The van der Waals surface area contributed by atoms with Crippen LogP contribution < -0.4 is 0 Å². The highest BCUT2D eigenvalue weighted by Gasteiger charge is 2.27. The van der Waals surface area contributed by atoms with Crippen molar-refractivity contribution < 1.29 is 1.43 Å². The Hall–Kier alpha value is -2.16. The molecular weight excluding hydrogens is 567 g/mol. The average molecular weight is 657 g/mol. The van der Waals surface area contributed by atoms with Gasteiger partial charge in [0.15, 0.2) is 0 Å². The summed E-state index contributed by atoms with van der Waals surface area (Å²) in [6, 6.07) is 16.0. The Morgan fingerprint density at radius 2 is 0.745 bits per heavy atom. The van der Waals surface area contributed by atoms with Crippen molar-refractivity contribution in [2.24, 2.45) is 5.41 Å². The van der Waals surface area contributed by atoms with Gasteiger partial charge in [-0.25, -0.2) is 0 Å².